The summed E-state index contributed by atoms with van der Waals surface area (Å²) in [5.74, 6) is -0.835. The molecule has 2 aromatic carbocycles. The van der Waals surface area contributed by atoms with Crippen LogP contribution in [-0.4, -0.2) is 41.0 Å². The Balaban J connectivity index is 1.83. The minimum atomic E-state index is -1.24. The van der Waals surface area contributed by atoms with Gasteiger partial charge in [-0.15, -0.1) is 0 Å². The summed E-state index contributed by atoms with van der Waals surface area (Å²) in [5, 5.41) is 16.1. The number of aromatic nitrogens is 2. The summed E-state index contributed by atoms with van der Waals surface area (Å²) in [6, 6.07) is 15.0. The number of carbonyl (C=O) groups excluding carboxylic acids is 1. The SMILES string of the molecule is COc1ccc(-c2ccc(=O)n(CC(=O)N[C@H](C(=O)O)c3ccccc3)n2)cc1OC. The van der Waals surface area contributed by atoms with Crippen LogP contribution in [0.3, 0.4) is 0 Å². The summed E-state index contributed by atoms with van der Waals surface area (Å²) < 4.78 is 11.5. The third kappa shape index (κ3) is 5.08. The molecule has 1 heterocycles. The number of nitrogens with one attached hydrogen (secondary N) is 1. The summed E-state index contributed by atoms with van der Waals surface area (Å²) in [6.07, 6.45) is 0. The number of nitrogens with zero attached hydrogens (tertiary/aromatic N) is 2. The normalized spacial score (nSPS) is 11.4. The molecule has 0 saturated heterocycles. The van der Waals surface area contributed by atoms with Crippen LogP contribution >= 0.6 is 0 Å². The zero-order chi connectivity index (χ0) is 22.4. The number of methoxy groups -OCH3 is 2. The van der Waals surface area contributed by atoms with Crippen LogP contribution in [0.1, 0.15) is 11.6 Å². The van der Waals surface area contributed by atoms with E-state index in [4.69, 9.17) is 9.47 Å². The van der Waals surface area contributed by atoms with E-state index in [2.05, 4.69) is 10.4 Å². The van der Waals surface area contributed by atoms with Crippen LogP contribution in [0.15, 0.2) is 65.5 Å². The predicted molar refractivity (Wildman–Crippen MR) is 112 cm³/mol. The molecule has 1 aromatic heterocycles. The molecule has 3 rings (SSSR count). The maximum absolute atomic E-state index is 12.5. The molecule has 160 valence electrons. The van der Waals surface area contributed by atoms with E-state index in [9.17, 15) is 19.5 Å². The highest BCUT2D eigenvalue weighted by atomic mass is 16.5. The van der Waals surface area contributed by atoms with E-state index < -0.39 is 30.0 Å². The van der Waals surface area contributed by atoms with Crippen molar-refractivity contribution in [3.63, 3.8) is 0 Å². The van der Waals surface area contributed by atoms with Crippen LogP contribution in [0.4, 0.5) is 0 Å². The Hall–Kier alpha value is -4.14. The van der Waals surface area contributed by atoms with Crippen molar-refractivity contribution in [1.29, 1.82) is 0 Å². The van der Waals surface area contributed by atoms with E-state index in [-0.39, 0.29) is 0 Å². The first-order valence-corrected chi connectivity index (χ1v) is 9.30. The van der Waals surface area contributed by atoms with Crippen molar-refractivity contribution in [2.75, 3.05) is 14.2 Å². The van der Waals surface area contributed by atoms with Crippen LogP contribution in [0.5, 0.6) is 11.5 Å². The van der Waals surface area contributed by atoms with Gasteiger partial charge in [-0.25, -0.2) is 9.48 Å². The number of carbonyl (C=O) groups is 2. The molecular weight excluding hydrogens is 402 g/mol. The first-order valence-electron chi connectivity index (χ1n) is 9.30. The number of hydrogen-bond donors (Lipinski definition) is 2. The van der Waals surface area contributed by atoms with Crippen LogP contribution in [0.2, 0.25) is 0 Å². The second-order valence-electron chi connectivity index (χ2n) is 6.53. The van der Waals surface area contributed by atoms with Gasteiger partial charge in [0.15, 0.2) is 17.5 Å². The van der Waals surface area contributed by atoms with Gasteiger partial charge in [-0.05, 0) is 29.8 Å². The molecule has 0 saturated carbocycles. The summed E-state index contributed by atoms with van der Waals surface area (Å²) >= 11 is 0. The molecule has 9 heteroatoms. The first-order chi connectivity index (χ1) is 14.9. The molecule has 0 spiro atoms. The number of amides is 1. The average Bonchev–Trinajstić information content (AvgIpc) is 2.78. The molecule has 0 bridgehead atoms. The molecule has 31 heavy (non-hydrogen) atoms. The summed E-state index contributed by atoms with van der Waals surface area (Å²) in [4.78, 5) is 36.3. The van der Waals surface area contributed by atoms with E-state index in [1.807, 2.05) is 0 Å². The van der Waals surface area contributed by atoms with E-state index in [0.717, 1.165) is 4.68 Å². The number of aliphatic carboxylic acids is 1. The molecule has 2 N–H and O–H groups in total. The Bertz CT molecular complexity index is 1140. The van der Waals surface area contributed by atoms with Crippen LogP contribution < -0.4 is 20.3 Å². The zero-order valence-corrected chi connectivity index (χ0v) is 16.9. The highest BCUT2D eigenvalue weighted by molar-refractivity contribution is 5.84. The van der Waals surface area contributed by atoms with E-state index in [0.29, 0.717) is 28.3 Å². The molecule has 1 amide bonds. The quantitative estimate of drug-likeness (QED) is 0.568. The third-order valence-electron chi connectivity index (χ3n) is 4.52. The van der Waals surface area contributed by atoms with Crippen LogP contribution in [0.25, 0.3) is 11.3 Å². The Kier molecular flexibility index (Phi) is 6.66. The van der Waals surface area contributed by atoms with Gasteiger partial charge in [0.05, 0.1) is 19.9 Å². The second kappa shape index (κ2) is 9.57. The minimum Gasteiger partial charge on any atom is -0.493 e. The Morgan fingerprint density at radius 1 is 1.03 bits per heavy atom. The monoisotopic (exact) mass is 423 g/mol. The number of carboxylic acids is 1. The minimum absolute atomic E-state index is 0.419. The summed E-state index contributed by atoms with van der Waals surface area (Å²) in [6.45, 7) is -0.434. The van der Waals surface area contributed by atoms with Gasteiger partial charge in [0.2, 0.25) is 5.91 Å². The molecule has 0 aliphatic rings. The molecule has 0 aliphatic carbocycles. The fourth-order valence-electron chi connectivity index (χ4n) is 2.99. The molecule has 0 radical (unpaired) electrons. The van der Waals surface area contributed by atoms with Crippen molar-refractivity contribution in [2.45, 2.75) is 12.6 Å². The molecule has 0 unspecified atom stereocenters. The van der Waals surface area contributed by atoms with Crippen molar-refractivity contribution in [2.24, 2.45) is 0 Å². The Labute approximate surface area is 177 Å². The molecule has 0 fully saturated rings. The lowest BCUT2D eigenvalue weighted by Gasteiger charge is -2.15. The van der Waals surface area contributed by atoms with Crippen molar-refractivity contribution < 1.29 is 24.2 Å². The molecule has 3 aromatic rings. The van der Waals surface area contributed by atoms with Crippen LogP contribution in [-0.2, 0) is 16.1 Å². The van der Waals surface area contributed by atoms with Gasteiger partial charge < -0.3 is 19.9 Å². The number of ether oxygens (including phenoxy) is 2. The predicted octanol–water partition coefficient (Wildman–Crippen LogP) is 1.87. The van der Waals surface area contributed by atoms with Crippen molar-refractivity contribution in [3.05, 3.63) is 76.6 Å². The Morgan fingerprint density at radius 2 is 1.74 bits per heavy atom. The van der Waals surface area contributed by atoms with Gasteiger partial charge in [0.25, 0.3) is 5.56 Å². The molecular formula is C22H21N3O6. The average molecular weight is 423 g/mol. The number of rotatable bonds is 8. The van der Waals surface area contributed by atoms with Crippen molar-refractivity contribution in [1.82, 2.24) is 15.1 Å². The zero-order valence-electron chi connectivity index (χ0n) is 16.9. The largest absolute Gasteiger partial charge is 0.493 e. The lowest BCUT2D eigenvalue weighted by molar-refractivity contribution is -0.142. The standard InChI is InChI=1S/C22H21N3O6/c1-30-17-10-8-15(12-18(17)31-2)16-9-11-20(27)25(24-16)13-19(26)23-21(22(28)29)14-6-4-3-5-7-14/h3-12,21H,13H2,1-2H3,(H,23,26)(H,28,29)/t21-/m0/s1. The highest BCUT2D eigenvalue weighted by Gasteiger charge is 2.22. The summed E-state index contributed by atoms with van der Waals surface area (Å²) in [7, 11) is 3.03. The van der Waals surface area contributed by atoms with Gasteiger partial charge in [0.1, 0.15) is 6.54 Å². The van der Waals surface area contributed by atoms with Crippen LogP contribution in [0, 0.1) is 0 Å². The molecule has 1 atom stereocenters. The van der Waals surface area contributed by atoms with E-state index in [1.165, 1.54) is 26.4 Å². The van der Waals surface area contributed by atoms with Crippen molar-refractivity contribution in [3.8, 4) is 22.8 Å². The topological polar surface area (TPSA) is 120 Å². The lowest BCUT2D eigenvalue weighted by atomic mass is 10.1. The second-order valence-corrected chi connectivity index (χ2v) is 6.53. The fraction of sp³-hybridized carbons (Fsp3) is 0.182. The summed E-state index contributed by atoms with van der Waals surface area (Å²) in [5.41, 5.74) is 1.01. The van der Waals surface area contributed by atoms with E-state index >= 15 is 0 Å². The van der Waals surface area contributed by atoms with Gasteiger partial charge in [-0.3, -0.25) is 9.59 Å². The Morgan fingerprint density at radius 3 is 2.39 bits per heavy atom. The van der Waals surface area contributed by atoms with Gasteiger partial charge in [-0.2, -0.15) is 5.10 Å². The smallest absolute Gasteiger partial charge is 0.330 e. The molecule has 9 nitrogen and oxygen atoms in total. The molecule has 0 aliphatic heterocycles. The fourth-order valence-corrected chi connectivity index (χ4v) is 2.99. The number of benzene rings is 2. The van der Waals surface area contributed by atoms with Crippen molar-refractivity contribution >= 4 is 11.9 Å². The van der Waals surface area contributed by atoms with E-state index in [1.54, 1.807) is 48.5 Å². The van der Waals surface area contributed by atoms with Gasteiger partial charge in [0, 0.05) is 11.6 Å². The maximum Gasteiger partial charge on any atom is 0.330 e. The maximum atomic E-state index is 12.5. The lowest BCUT2D eigenvalue weighted by Crippen LogP contribution is -2.38. The first kappa shape index (κ1) is 21.6. The van der Waals surface area contributed by atoms with Gasteiger partial charge >= 0.3 is 5.97 Å². The highest BCUT2D eigenvalue weighted by Crippen LogP contribution is 2.31. The number of hydrogen-bond acceptors (Lipinski definition) is 6. The third-order valence-corrected chi connectivity index (χ3v) is 4.52. The number of carboxylic acid groups (broad SMARTS) is 1. The van der Waals surface area contributed by atoms with Gasteiger partial charge in [-0.1, -0.05) is 30.3 Å².